The van der Waals surface area contributed by atoms with Crippen LogP contribution in [-0.2, 0) is 11.2 Å². The third kappa shape index (κ3) is 8.32. The lowest BCUT2D eigenvalue weighted by molar-refractivity contribution is -0.119. The molecule has 3 N–H and O–H groups in total. The fourth-order valence-corrected chi connectivity index (χ4v) is 5.13. The van der Waals surface area contributed by atoms with Crippen molar-refractivity contribution in [2.24, 2.45) is 0 Å². The molecule has 0 radical (unpaired) electrons. The Hall–Kier alpha value is -3.86. The average Bonchev–Trinajstić information content (AvgIpc) is 3.62. The Kier molecular flexibility index (Phi) is 10.4. The van der Waals surface area contributed by atoms with Gasteiger partial charge in [-0.25, -0.2) is 18.7 Å². The Morgan fingerprint density at radius 1 is 1.17 bits per heavy atom. The van der Waals surface area contributed by atoms with Gasteiger partial charge >= 0.3 is 0 Å². The standard InChI is InChI=1S/C30H37F2N5O4/c1-3-10-37(11-4-2)27-17-20(16-25(35-27)30-33-9-12-41-30)29(40)36-24(15-19-13-21(31)18-22(32)14-19)26(38)7-5-23-6-8-28(39)34-23/h9,12-14,16-18,23-24,26,38H,3-8,10-11,15H2,1-2H3,(H,34,39)(H,36,40). The summed E-state index contributed by atoms with van der Waals surface area (Å²) in [6.45, 7) is 5.60. The number of rotatable bonds is 14. The minimum Gasteiger partial charge on any atom is -0.443 e. The molecule has 1 fully saturated rings. The van der Waals surface area contributed by atoms with E-state index in [2.05, 4.69) is 34.4 Å². The van der Waals surface area contributed by atoms with E-state index >= 15 is 0 Å². The summed E-state index contributed by atoms with van der Waals surface area (Å²) in [7, 11) is 0. The van der Waals surface area contributed by atoms with E-state index in [9.17, 15) is 23.5 Å². The predicted molar refractivity (Wildman–Crippen MR) is 150 cm³/mol. The van der Waals surface area contributed by atoms with E-state index in [1.54, 1.807) is 12.1 Å². The van der Waals surface area contributed by atoms with Crippen molar-refractivity contribution in [1.29, 1.82) is 0 Å². The normalized spacial score (nSPS) is 16.3. The third-order valence-electron chi connectivity index (χ3n) is 7.09. The van der Waals surface area contributed by atoms with E-state index in [0.717, 1.165) is 32.0 Å². The number of hydrogen-bond donors (Lipinski definition) is 3. The molecular formula is C30H37F2N5O4. The Labute approximate surface area is 238 Å². The van der Waals surface area contributed by atoms with Gasteiger partial charge in [0.2, 0.25) is 11.8 Å². The van der Waals surface area contributed by atoms with Crippen LogP contribution >= 0.6 is 0 Å². The Balaban J connectivity index is 1.61. The van der Waals surface area contributed by atoms with Gasteiger partial charge in [0.15, 0.2) is 0 Å². The Bertz CT molecular complexity index is 1290. The first-order valence-electron chi connectivity index (χ1n) is 14.2. The number of anilines is 1. The summed E-state index contributed by atoms with van der Waals surface area (Å²) < 4.78 is 33.4. The summed E-state index contributed by atoms with van der Waals surface area (Å²) in [6, 6.07) is 5.48. The quantitative estimate of drug-likeness (QED) is 0.263. The highest BCUT2D eigenvalue weighted by atomic mass is 19.1. The second-order valence-corrected chi connectivity index (χ2v) is 10.4. The maximum Gasteiger partial charge on any atom is 0.251 e. The van der Waals surface area contributed by atoms with Crippen molar-refractivity contribution in [1.82, 2.24) is 20.6 Å². The number of aliphatic hydroxyl groups excluding tert-OH is 1. The van der Waals surface area contributed by atoms with Crippen LogP contribution in [0, 0.1) is 11.6 Å². The number of aliphatic hydroxyl groups is 1. The Morgan fingerprint density at radius 3 is 2.51 bits per heavy atom. The lowest BCUT2D eigenvalue weighted by atomic mass is 9.95. The topological polar surface area (TPSA) is 121 Å². The highest BCUT2D eigenvalue weighted by Gasteiger charge is 2.27. The van der Waals surface area contributed by atoms with Gasteiger partial charge in [0.25, 0.3) is 5.91 Å². The number of amides is 2. The monoisotopic (exact) mass is 569 g/mol. The number of hydrogen-bond acceptors (Lipinski definition) is 7. The van der Waals surface area contributed by atoms with Crippen molar-refractivity contribution in [3.05, 3.63) is 65.6 Å². The molecule has 1 aromatic carbocycles. The summed E-state index contributed by atoms with van der Waals surface area (Å²) in [5.41, 5.74) is 0.969. The highest BCUT2D eigenvalue weighted by molar-refractivity contribution is 5.96. The second-order valence-electron chi connectivity index (χ2n) is 10.4. The molecule has 0 bridgehead atoms. The van der Waals surface area contributed by atoms with Gasteiger partial charge in [0.1, 0.15) is 29.4 Å². The molecule has 0 aliphatic carbocycles. The fraction of sp³-hybridized carbons (Fsp3) is 0.467. The summed E-state index contributed by atoms with van der Waals surface area (Å²) in [4.78, 5) is 36.2. The first-order valence-corrected chi connectivity index (χ1v) is 14.2. The average molecular weight is 570 g/mol. The van der Waals surface area contributed by atoms with Crippen LogP contribution in [0.15, 0.2) is 47.2 Å². The molecule has 1 aliphatic heterocycles. The minimum atomic E-state index is -1.04. The summed E-state index contributed by atoms with van der Waals surface area (Å²) in [6.07, 6.45) is 5.55. The molecule has 0 saturated carbocycles. The van der Waals surface area contributed by atoms with Crippen LogP contribution in [0.4, 0.5) is 14.6 Å². The lowest BCUT2D eigenvalue weighted by Crippen LogP contribution is -2.45. The molecular weight excluding hydrogens is 532 g/mol. The molecule has 3 atom stereocenters. The van der Waals surface area contributed by atoms with E-state index in [-0.39, 0.29) is 36.2 Å². The van der Waals surface area contributed by atoms with Gasteiger partial charge < -0.3 is 25.1 Å². The van der Waals surface area contributed by atoms with E-state index in [1.165, 1.54) is 24.6 Å². The summed E-state index contributed by atoms with van der Waals surface area (Å²) in [5, 5.41) is 16.9. The van der Waals surface area contributed by atoms with Gasteiger partial charge in [-0.15, -0.1) is 0 Å². The molecule has 4 rings (SSSR count). The molecule has 9 nitrogen and oxygen atoms in total. The van der Waals surface area contributed by atoms with Crippen molar-refractivity contribution in [3.63, 3.8) is 0 Å². The maximum absolute atomic E-state index is 14.0. The van der Waals surface area contributed by atoms with Gasteiger partial charge in [0.05, 0.1) is 18.3 Å². The predicted octanol–water partition coefficient (Wildman–Crippen LogP) is 4.40. The van der Waals surface area contributed by atoms with E-state index in [0.29, 0.717) is 36.3 Å². The van der Waals surface area contributed by atoms with Crippen molar-refractivity contribution in [2.45, 2.75) is 77.0 Å². The molecule has 41 heavy (non-hydrogen) atoms. The molecule has 3 aromatic rings. The number of benzene rings is 1. The number of aromatic nitrogens is 2. The van der Waals surface area contributed by atoms with Gasteiger partial charge in [-0.3, -0.25) is 9.59 Å². The van der Waals surface area contributed by atoms with Crippen molar-refractivity contribution >= 4 is 17.6 Å². The van der Waals surface area contributed by atoms with Crippen LogP contribution in [0.1, 0.15) is 68.3 Å². The van der Waals surface area contributed by atoms with Crippen molar-refractivity contribution < 1.29 is 27.9 Å². The number of pyridine rings is 1. The smallest absolute Gasteiger partial charge is 0.251 e. The zero-order valence-electron chi connectivity index (χ0n) is 23.4. The Morgan fingerprint density at radius 2 is 1.90 bits per heavy atom. The van der Waals surface area contributed by atoms with Crippen LogP contribution in [-0.4, -0.2) is 58.2 Å². The SMILES string of the molecule is CCCN(CCC)c1cc(C(=O)NC(Cc2cc(F)cc(F)c2)C(O)CCC2CCC(=O)N2)cc(-c2ncco2)n1. The zero-order valence-corrected chi connectivity index (χ0v) is 23.4. The van der Waals surface area contributed by atoms with Crippen molar-refractivity contribution in [3.8, 4) is 11.6 Å². The number of nitrogens with zero attached hydrogens (tertiary/aromatic N) is 3. The van der Waals surface area contributed by atoms with Crippen LogP contribution in [0.3, 0.4) is 0 Å². The van der Waals surface area contributed by atoms with Gasteiger partial charge in [-0.1, -0.05) is 13.8 Å². The largest absolute Gasteiger partial charge is 0.443 e. The van der Waals surface area contributed by atoms with E-state index < -0.39 is 29.7 Å². The fourth-order valence-electron chi connectivity index (χ4n) is 5.13. The van der Waals surface area contributed by atoms with Crippen molar-refractivity contribution in [2.75, 3.05) is 18.0 Å². The number of oxazole rings is 1. The summed E-state index contributed by atoms with van der Waals surface area (Å²) >= 11 is 0. The van der Waals surface area contributed by atoms with Crippen LogP contribution < -0.4 is 15.5 Å². The molecule has 1 aliphatic rings. The second kappa shape index (κ2) is 14.2. The molecule has 11 heteroatoms. The van der Waals surface area contributed by atoms with Crippen LogP contribution in [0.5, 0.6) is 0 Å². The number of nitrogens with one attached hydrogen (secondary N) is 2. The van der Waals surface area contributed by atoms with E-state index in [4.69, 9.17) is 9.40 Å². The molecule has 1 saturated heterocycles. The molecule has 220 valence electrons. The minimum absolute atomic E-state index is 0.000937. The van der Waals surface area contributed by atoms with Crippen LogP contribution in [0.2, 0.25) is 0 Å². The van der Waals surface area contributed by atoms with Gasteiger partial charge in [-0.05, 0) is 68.4 Å². The third-order valence-corrected chi connectivity index (χ3v) is 7.09. The number of halogens is 2. The zero-order chi connectivity index (χ0) is 29.4. The molecule has 3 heterocycles. The lowest BCUT2D eigenvalue weighted by Gasteiger charge is -2.26. The molecule has 0 spiro atoms. The summed E-state index contributed by atoms with van der Waals surface area (Å²) in [5.74, 6) is -1.14. The number of carbonyl (C=O) groups excluding carboxylic acids is 2. The molecule has 3 unspecified atom stereocenters. The first-order chi connectivity index (χ1) is 19.7. The van der Waals surface area contributed by atoms with Gasteiger partial charge in [-0.2, -0.15) is 0 Å². The molecule has 2 aromatic heterocycles. The molecule has 2 amide bonds. The van der Waals surface area contributed by atoms with Crippen LogP contribution in [0.25, 0.3) is 11.6 Å². The highest BCUT2D eigenvalue weighted by Crippen LogP contribution is 2.24. The first kappa shape index (κ1) is 30.1. The number of carbonyl (C=O) groups is 2. The van der Waals surface area contributed by atoms with Gasteiger partial charge in [0, 0.05) is 37.2 Å². The maximum atomic E-state index is 14.0. The van der Waals surface area contributed by atoms with E-state index in [1.807, 2.05) is 0 Å².